The molecular weight excluding hydrogens is 414 g/mol. The third-order valence-electron chi connectivity index (χ3n) is 5.81. The van der Waals surface area contributed by atoms with Gasteiger partial charge < -0.3 is 25.5 Å². The largest absolute Gasteiger partial charge is 0.483 e. The van der Waals surface area contributed by atoms with Crippen LogP contribution in [0.5, 0.6) is 0 Å². The van der Waals surface area contributed by atoms with E-state index in [0.717, 1.165) is 69.3 Å². The molecule has 2 aliphatic rings. The number of carbonyl (C=O) groups is 2. The zero-order valence-corrected chi connectivity index (χ0v) is 18.5. The molecule has 0 atom stereocenters. The first-order chi connectivity index (χ1) is 15.5. The van der Waals surface area contributed by atoms with Gasteiger partial charge in [-0.3, -0.25) is 9.59 Å². The Morgan fingerprint density at radius 1 is 1.19 bits per heavy atom. The molecule has 12 heteroatoms. The maximum absolute atomic E-state index is 13.0. The summed E-state index contributed by atoms with van der Waals surface area (Å²) in [4.78, 5) is 38.6. The predicted octanol–water partition coefficient (Wildman–Crippen LogP) is 0.965. The molecular formula is C20H31N9O3. The van der Waals surface area contributed by atoms with Crippen molar-refractivity contribution in [2.45, 2.75) is 38.6 Å². The van der Waals surface area contributed by atoms with Crippen molar-refractivity contribution in [3.05, 3.63) is 18.1 Å². The van der Waals surface area contributed by atoms with E-state index in [9.17, 15) is 4.79 Å². The Kier molecular flexibility index (Phi) is 8.17. The first-order valence-corrected chi connectivity index (χ1v) is 10.8. The zero-order chi connectivity index (χ0) is 22.9. The van der Waals surface area contributed by atoms with Crippen LogP contribution < -0.4 is 15.5 Å². The number of anilines is 3. The summed E-state index contributed by atoms with van der Waals surface area (Å²) in [5.74, 6) is 2.67. The molecule has 4 N–H and O–H groups in total. The number of H-pyrrole nitrogens is 1. The molecule has 1 saturated carbocycles. The first kappa shape index (κ1) is 23.2. The SMILES string of the molecule is CNc1cc(C)nc(NC2CCC(C(=O)N3CCN(c4ncn[nH]4)CC3)CC2)n1.O=CO. The maximum atomic E-state index is 13.0. The van der Waals surface area contributed by atoms with Gasteiger partial charge in [0.05, 0.1) is 0 Å². The van der Waals surface area contributed by atoms with E-state index in [2.05, 4.69) is 40.7 Å². The molecule has 1 saturated heterocycles. The summed E-state index contributed by atoms with van der Waals surface area (Å²) in [6.07, 6.45) is 5.25. The van der Waals surface area contributed by atoms with Gasteiger partial charge in [0.25, 0.3) is 6.47 Å². The minimum absolute atomic E-state index is 0.121. The van der Waals surface area contributed by atoms with E-state index in [1.165, 1.54) is 6.33 Å². The molecule has 0 spiro atoms. The number of aromatic amines is 1. The van der Waals surface area contributed by atoms with E-state index in [4.69, 9.17) is 9.90 Å². The summed E-state index contributed by atoms with van der Waals surface area (Å²) in [6, 6.07) is 2.23. The second-order valence-electron chi connectivity index (χ2n) is 7.89. The molecule has 0 bridgehead atoms. The lowest BCUT2D eigenvalue weighted by molar-refractivity contribution is -0.137. The number of aryl methyl sites for hydroxylation is 1. The predicted molar refractivity (Wildman–Crippen MR) is 120 cm³/mol. The Morgan fingerprint density at radius 3 is 2.47 bits per heavy atom. The van der Waals surface area contributed by atoms with Gasteiger partial charge in [-0.25, -0.2) is 10.1 Å². The molecule has 2 fully saturated rings. The third-order valence-corrected chi connectivity index (χ3v) is 5.81. The summed E-state index contributed by atoms with van der Waals surface area (Å²) >= 11 is 0. The number of carbonyl (C=O) groups excluding carboxylic acids is 1. The second-order valence-corrected chi connectivity index (χ2v) is 7.89. The average molecular weight is 446 g/mol. The van der Waals surface area contributed by atoms with Gasteiger partial charge >= 0.3 is 0 Å². The van der Waals surface area contributed by atoms with Crippen molar-refractivity contribution in [2.24, 2.45) is 5.92 Å². The van der Waals surface area contributed by atoms with Crippen LogP contribution in [0.3, 0.4) is 0 Å². The standard InChI is InChI=1S/C19H29N9O.CH2O2/c1-13-11-16(20-2)25-18(23-13)24-15-5-3-14(4-6-15)17(29)27-7-9-28(10-8-27)19-21-12-22-26-19;2-1-3/h11-12,14-15H,3-10H2,1-2H3,(H,21,22,26)(H2,20,23,24,25);1H,(H,2,3). The average Bonchev–Trinajstić information content (AvgIpc) is 3.34. The summed E-state index contributed by atoms with van der Waals surface area (Å²) < 4.78 is 0. The molecule has 32 heavy (non-hydrogen) atoms. The lowest BCUT2D eigenvalue weighted by Crippen LogP contribution is -2.51. The number of piperazine rings is 1. The normalized spacial score (nSPS) is 20.7. The number of amides is 1. The molecule has 2 aromatic heterocycles. The van der Waals surface area contributed by atoms with Gasteiger partial charge in [-0.2, -0.15) is 15.1 Å². The monoisotopic (exact) mass is 445 g/mol. The van der Waals surface area contributed by atoms with Crippen LogP contribution in [-0.4, -0.2) is 86.8 Å². The molecule has 0 radical (unpaired) electrons. The van der Waals surface area contributed by atoms with Crippen LogP contribution in [0, 0.1) is 12.8 Å². The smallest absolute Gasteiger partial charge is 0.290 e. The van der Waals surface area contributed by atoms with Gasteiger partial charge in [0.2, 0.25) is 17.8 Å². The van der Waals surface area contributed by atoms with Crippen molar-refractivity contribution in [1.29, 1.82) is 0 Å². The summed E-state index contributed by atoms with van der Waals surface area (Å²) in [5, 5.41) is 20.2. The van der Waals surface area contributed by atoms with Crippen LogP contribution in [0.1, 0.15) is 31.4 Å². The van der Waals surface area contributed by atoms with Crippen LogP contribution >= 0.6 is 0 Å². The van der Waals surface area contributed by atoms with E-state index < -0.39 is 0 Å². The van der Waals surface area contributed by atoms with Crippen LogP contribution in [0.2, 0.25) is 0 Å². The molecule has 2 aromatic rings. The van der Waals surface area contributed by atoms with E-state index in [-0.39, 0.29) is 12.4 Å². The van der Waals surface area contributed by atoms with Crippen LogP contribution in [0.4, 0.5) is 17.7 Å². The van der Waals surface area contributed by atoms with E-state index >= 15 is 0 Å². The molecule has 0 aromatic carbocycles. The molecule has 1 aliphatic carbocycles. The van der Waals surface area contributed by atoms with Crippen molar-refractivity contribution in [3.8, 4) is 0 Å². The lowest BCUT2D eigenvalue weighted by atomic mass is 9.85. The van der Waals surface area contributed by atoms with Crippen LogP contribution in [0.25, 0.3) is 0 Å². The van der Waals surface area contributed by atoms with E-state index in [1.807, 2.05) is 24.9 Å². The number of hydrogen-bond acceptors (Lipinski definition) is 9. The minimum atomic E-state index is -0.250. The Bertz CT molecular complexity index is 861. The molecule has 174 valence electrons. The highest BCUT2D eigenvalue weighted by molar-refractivity contribution is 5.79. The molecule has 1 aliphatic heterocycles. The molecule has 0 unspecified atom stereocenters. The highest BCUT2D eigenvalue weighted by Crippen LogP contribution is 2.28. The van der Waals surface area contributed by atoms with Gasteiger partial charge in [-0.05, 0) is 32.6 Å². The topological polar surface area (TPSA) is 152 Å². The molecule has 3 heterocycles. The Labute approximate surface area is 186 Å². The fourth-order valence-electron chi connectivity index (χ4n) is 4.18. The fraction of sp³-hybridized carbons (Fsp3) is 0.600. The second kappa shape index (κ2) is 11.3. The number of carboxylic acid groups (broad SMARTS) is 1. The quantitative estimate of drug-likeness (QED) is 0.490. The highest BCUT2D eigenvalue weighted by atomic mass is 16.3. The van der Waals surface area contributed by atoms with Crippen LogP contribution in [0.15, 0.2) is 12.4 Å². The summed E-state index contributed by atoms with van der Waals surface area (Å²) in [6.45, 7) is 4.77. The van der Waals surface area contributed by atoms with E-state index in [0.29, 0.717) is 17.9 Å². The van der Waals surface area contributed by atoms with E-state index in [1.54, 1.807) is 0 Å². The van der Waals surface area contributed by atoms with Crippen molar-refractivity contribution >= 4 is 30.1 Å². The Balaban J connectivity index is 0.000000913. The van der Waals surface area contributed by atoms with Gasteiger partial charge in [0.15, 0.2) is 0 Å². The van der Waals surface area contributed by atoms with Crippen molar-refractivity contribution in [1.82, 2.24) is 30.0 Å². The van der Waals surface area contributed by atoms with Crippen molar-refractivity contribution in [3.63, 3.8) is 0 Å². The van der Waals surface area contributed by atoms with Crippen molar-refractivity contribution in [2.75, 3.05) is 48.8 Å². The number of aromatic nitrogens is 5. The first-order valence-electron chi connectivity index (χ1n) is 10.8. The number of rotatable bonds is 5. The highest BCUT2D eigenvalue weighted by Gasteiger charge is 2.31. The number of nitrogens with zero attached hydrogens (tertiary/aromatic N) is 6. The Hall–Kier alpha value is -3.44. The maximum Gasteiger partial charge on any atom is 0.290 e. The molecule has 12 nitrogen and oxygen atoms in total. The van der Waals surface area contributed by atoms with Crippen molar-refractivity contribution < 1.29 is 14.7 Å². The molecule has 4 rings (SSSR count). The van der Waals surface area contributed by atoms with Gasteiger partial charge in [0, 0.05) is 56.9 Å². The van der Waals surface area contributed by atoms with Gasteiger partial charge in [0.1, 0.15) is 12.1 Å². The number of hydrogen-bond donors (Lipinski definition) is 4. The third kappa shape index (κ3) is 6.05. The lowest BCUT2D eigenvalue weighted by Gasteiger charge is -2.37. The van der Waals surface area contributed by atoms with Gasteiger partial charge in [-0.1, -0.05) is 0 Å². The minimum Gasteiger partial charge on any atom is -0.483 e. The fourth-order valence-corrected chi connectivity index (χ4v) is 4.18. The molecule has 1 amide bonds. The van der Waals surface area contributed by atoms with Gasteiger partial charge in [-0.15, -0.1) is 0 Å². The Morgan fingerprint density at radius 2 is 1.88 bits per heavy atom. The zero-order valence-electron chi connectivity index (χ0n) is 18.5. The summed E-state index contributed by atoms with van der Waals surface area (Å²) in [5.41, 5.74) is 0.931. The van der Waals surface area contributed by atoms with Crippen LogP contribution in [-0.2, 0) is 9.59 Å². The number of nitrogens with one attached hydrogen (secondary N) is 3. The summed E-state index contributed by atoms with van der Waals surface area (Å²) in [7, 11) is 1.85.